The van der Waals surface area contributed by atoms with Gasteiger partial charge in [-0.3, -0.25) is 9.89 Å². The molecule has 10 heavy (non-hydrogen) atoms. The number of nitrogens with two attached hydrogens (primary N) is 1. The van der Waals surface area contributed by atoms with Crippen molar-refractivity contribution < 1.29 is 4.79 Å². The SMILES string of the molecule is NCC(=O)Nc1cn[nH]c1. The van der Waals surface area contributed by atoms with Crippen molar-refractivity contribution in [2.24, 2.45) is 5.73 Å². The Morgan fingerprint density at radius 3 is 3.20 bits per heavy atom. The first-order valence-corrected chi connectivity index (χ1v) is 2.81. The maximum atomic E-state index is 10.6. The topological polar surface area (TPSA) is 83.8 Å². The summed E-state index contributed by atoms with van der Waals surface area (Å²) in [5.74, 6) is -0.221. The van der Waals surface area contributed by atoms with Crippen molar-refractivity contribution in [3.05, 3.63) is 12.4 Å². The Morgan fingerprint density at radius 2 is 2.70 bits per heavy atom. The van der Waals surface area contributed by atoms with Crippen LogP contribution in [0.3, 0.4) is 0 Å². The molecule has 0 atom stereocenters. The molecule has 0 radical (unpaired) electrons. The first-order valence-electron chi connectivity index (χ1n) is 2.81. The van der Waals surface area contributed by atoms with Gasteiger partial charge in [0, 0.05) is 6.20 Å². The smallest absolute Gasteiger partial charge is 0.238 e. The minimum absolute atomic E-state index is 0.00875. The predicted octanol–water partition coefficient (Wildman–Crippen LogP) is -0.693. The van der Waals surface area contributed by atoms with E-state index in [4.69, 9.17) is 5.73 Å². The van der Waals surface area contributed by atoms with Crippen molar-refractivity contribution in [1.82, 2.24) is 10.2 Å². The number of H-pyrrole nitrogens is 1. The molecule has 0 aliphatic rings. The molecule has 0 bridgehead atoms. The Bertz CT molecular complexity index is 205. The molecular weight excluding hydrogens is 132 g/mol. The molecular formula is C5H8N4O. The minimum Gasteiger partial charge on any atom is -0.322 e. The second-order valence-corrected chi connectivity index (χ2v) is 1.74. The lowest BCUT2D eigenvalue weighted by Crippen LogP contribution is -2.21. The monoisotopic (exact) mass is 140 g/mol. The lowest BCUT2D eigenvalue weighted by Gasteiger charge is -1.95. The minimum atomic E-state index is -0.221. The fraction of sp³-hybridized carbons (Fsp3) is 0.200. The molecule has 1 aromatic heterocycles. The molecule has 4 N–H and O–H groups in total. The Kier molecular flexibility index (Phi) is 2.01. The number of nitrogens with one attached hydrogen (secondary N) is 2. The number of hydrogen-bond donors (Lipinski definition) is 3. The van der Waals surface area contributed by atoms with Gasteiger partial charge in [0.15, 0.2) is 0 Å². The number of anilines is 1. The normalized spacial score (nSPS) is 9.30. The summed E-state index contributed by atoms with van der Waals surface area (Å²) >= 11 is 0. The van der Waals surface area contributed by atoms with Crippen molar-refractivity contribution in [3.63, 3.8) is 0 Å². The molecule has 0 aromatic carbocycles. The average Bonchev–Trinajstić information content (AvgIpc) is 2.40. The van der Waals surface area contributed by atoms with Crippen LogP contribution >= 0.6 is 0 Å². The molecule has 1 heterocycles. The third kappa shape index (κ3) is 1.56. The third-order valence-corrected chi connectivity index (χ3v) is 0.967. The van der Waals surface area contributed by atoms with E-state index in [1.165, 1.54) is 6.20 Å². The highest BCUT2D eigenvalue weighted by Gasteiger charge is 1.97. The Morgan fingerprint density at radius 1 is 1.90 bits per heavy atom. The van der Waals surface area contributed by atoms with E-state index >= 15 is 0 Å². The zero-order valence-electron chi connectivity index (χ0n) is 5.29. The molecule has 0 saturated carbocycles. The molecule has 54 valence electrons. The van der Waals surface area contributed by atoms with Crippen LogP contribution in [0.25, 0.3) is 0 Å². The van der Waals surface area contributed by atoms with Crippen molar-refractivity contribution in [2.75, 3.05) is 11.9 Å². The van der Waals surface area contributed by atoms with Gasteiger partial charge in [0.05, 0.1) is 18.4 Å². The van der Waals surface area contributed by atoms with Crippen molar-refractivity contribution in [3.8, 4) is 0 Å². The predicted molar refractivity (Wildman–Crippen MR) is 36.3 cm³/mol. The van der Waals surface area contributed by atoms with Crippen LogP contribution in [0.4, 0.5) is 5.69 Å². The third-order valence-electron chi connectivity index (χ3n) is 0.967. The van der Waals surface area contributed by atoms with Gasteiger partial charge >= 0.3 is 0 Å². The summed E-state index contributed by atoms with van der Waals surface area (Å²) in [6, 6.07) is 0. The lowest BCUT2D eigenvalue weighted by atomic mass is 10.5. The van der Waals surface area contributed by atoms with Crippen LogP contribution in [-0.2, 0) is 4.79 Å². The van der Waals surface area contributed by atoms with Gasteiger partial charge in [0.25, 0.3) is 0 Å². The molecule has 1 rings (SSSR count). The summed E-state index contributed by atoms with van der Waals surface area (Å²) in [7, 11) is 0. The highest BCUT2D eigenvalue weighted by atomic mass is 16.1. The summed E-state index contributed by atoms with van der Waals surface area (Å²) in [6.07, 6.45) is 3.08. The molecule has 0 aliphatic heterocycles. The van der Waals surface area contributed by atoms with Gasteiger partial charge in [-0.25, -0.2) is 0 Å². The molecule has 0 unspecified atom stereocenters. The van der Waals surface area contributed by atoms with Gasteiger partial charge in [0.2, 0.25) is 5.91 Å². The van der Waals surface area contributed by atoms with Crippen LogP contribution < -0.4 is 11.1 Å². The number of carbonyl (C=O) groups excluding carboxylic acids is 1. The van der Waals surface area contributed by atoms with E-state index in [0.717, 1.165) is 0 Å². The van der Waals surface area contributed by atoms with Gasteiger partial charge < -0.3 is 11.1 Å². The summed E-state index contributed by atoms with van der Waals surface area (Å²) in [6.45, 7) is -0.00875. The Hall–Kier alpha value is -1.36. The number of aromatic amines is 1. The van der Waals surface area contributed by atoms with E-state index in [1.807, 2.05) is 0 Å². The molecule has 1 amide bonds. The molecule has 1 aromatic rings. The van der Waals surface area contributed by atoms with Gasteiger partial charge in [0.1, 0.15) is 0 Å². The number of carbonyl (C=O) groups is 1. The van der Waals surface area contributed by atoms with Gasteiger partial charge in [-0.1, -0.05) is 0 Å². The maximum absolute atomic E-state index is 10.6. The van der Waals surface area contributed by atoms with Gasteiger partial charge in [-0.15, -0.1) is 0 Å². The van der Waals surface area contributed by atoms with Crippen molar-refractivity contribution in [1.29, 1.82) is 0 Å². The summed E-state index contributed by atoms with van der Waals surface area (Å²) in [5.41, 5.74) is 5.68. The van der Waals surface area contributed by atoms with Crippen LogP contribution in [0.5, 0.6) is 0 Å². The molecule has 5 heteroatoms. The van der Waals surface area contributed by atoms with E-state index in [0.29, 0.717) is 5.69 Å². The zero-order chi connectivity index (χ0) is 7.40. The van der Waals surface area contributed by atoms with E-state index in [2.05, 4.69) is 15.5 Å². The molecule has 0 spiro atoms. The van der Waals surface area contributed by atoms with Crippen LogP contribution in [0, 0.1) is 0 Å². The average molecular weight is 140 g/mol. The van der Waals surface area contributed by atoms with Crippen molar-refractivity contribution >= 4 is 11.6 Å². The fourth-order valence-corrected chi connectivity index (χ4v) is 0.531. The quantitative estimate of drug-likeness (QED) is 0.508. The molecule has 0 fully saturated rings. The zero-order valence-corrected chi connectivity index (χ0v) is 5.29. The Balaban J connectivity index is 2.48. The summed E-state index contributed by atoms with van der Waals surface area (Å²) < 4.78 is 0. The van der Waals surface area contributed by atoms with E-state index in [9.17, 15) is 4.79 Å². The first-order chi connectivity index (χ1) is 4.83. The first kappa shape index (κ1) is 6.76. The highest BCUT2D eigenvalue weighted by molar-refractivity contribution is 5.91. The van der Waals surface area contributed by atoms with Crippen LogP contribution in [0.1, 0.15) is 0 Å². The number of amides is 1. The second kappa shape index (κ2) is 2.98. The van der Waals surface area contributed by atoms with E-state index in [1.54, 1.807) is 6.20 Å². The highest BCUT2D eigenvalue weighted by Crippen LogP contribution is 1.98. The largest absolute Gasteiger partial charge is 0.322 e. The molecule has 0 saturated heterocycles. The van der Waals surface area contributed by atoms with E-state index in [-0.39, 0.29) is 12.5 Å². The Labute approximate surface area is 57.6 Å². The number of aromatic nitrogens is 2. The maximum Gasteiger partial charge on any atom is 0.238 e. The number of hydrogen-bond acceptors (Lipinski definition) is 3. The summed E-state index contributed by atoms with van der Waals surface area (Å²) in [5, 5.41) is 8.70. The lowest BCUT2D eigenvalue weighted by molar-refractivity contribution is -0.114. The summed E-state index contributed by atoms with van der Waals surface area (Å²) in [4.78, 5) is 10.6. The molecule has 0 aliphatic carbocycles. The van der Waals surface area contributed by atoms with E-state index < -0.39 is 0 Å². The van der Waals surface area contributed by atoms with Crippen LogP contribution in [0.15, 0.2) is 12.4 Å². The van der Waals surface area contributed by atoms with Gasteiger partial charge in [-0.2, -0.15) is 5.10 Å². The van der Waals surface area contributed by atoms with Crippen LogP contribution in [-0.4, -0.2) is 22.6 Å². The number of rotatable bonds is 2. The van der Waals surface area contributed by atoms with Gasteiger partial charge in [-0.05, 0) is 0 Å². The van der Waals surface area contributed by atoms with Crippen molar-refractivity contribution in [2.45, 2.75) is 0 Å². The van der Waals surface area contributed by atoms with Crippen LogP contribution in [0.2, 0.25) is 0 Å². The fourth-order valence-electron chi connectivity index (χ4n) is 0.531. The second-order valence-electron chi connectivity index (χ2n) is 1.74. The molecule has 5 nitrogen and oxygen atoms in total. The standard InChI is InChI=1S/C5H8N4O/c6-1-5(10)9-4-2-7-8-3-4/h2-3H,1,6H2,(H,7,8)(H,9,10). The number of nitrogens with zero attached hydrogens (tertiary/aromatic N) is 1.